The molecular formula is C8H8N4O. The van der Waals surface area contributed by atoms with Gasteiger partial charge in [-0.3, -0.25) is 0 Å². The Morgan fingerprint density at radius 1 is 1.62 bits per heavy atom. The molecule has 0 amide bonds. The Morgan fingerprint density at radius 2 is 2.46 bits per heavy atom. The van der Waals surface area contributed by atoms with Crippen LogP contribution in [0.15, 0.2) is 12.3 Å². The third-order valence-corrected chi connectivity index (χ3v) is 1.76. The molecule has 0 saturated carbocycles. The molecule has 1 aliphatic heterocycles. The highest BCUT2D eigenvalue weighted by molar-refractivity contribution is 5.19. The molecule has 5 nitrogen and oxygen atoms in total. The van der Waals surface area contributed by atoms with Gasteiger partial charge in [0.05, 0.1) is 0 Å². The summed E-state index contributed by atoms with van der Waals surface area (Å²) in [6.07, 6.45) is 1.67. The number of nitrogens with one attached hydrogen (secondary N) is 1. The van der Waals surface area contributed by atoms with Gasteiger partial charge < -0.3 is 10.1 Å². The molecule has 5 heteroatoms. The fraction of sp³-hybridized carbons (Fsp3) is 0.375. The van der Waals surface area contributed by atoms with Crippen LogP contribution in [0.3, 0.4) is 0 Å². The van der Waals surface area contributed by atoms with Crippen LogP contribution in [-0.4, -0.2) is 29.2 Å². The summed E-state index contributed by atoms with van der Waals surface area (Å²) in [6.45, 7) is 1.64. The fourth-order valence-electron chi connectivity index (χ4n) is 0.954. The molecular weight excluding hydrogens is 168 g/mol. The predicted molar refractivity (Wildman–Crippen MR) is 44.0 cm³/mol. The van der Waals surface area contributed by atoms with Crippen molar-refractivity contribution in [2.75, 3.05) is 13.1 Å². The van der Waals surface area contributed by atoms with Gasteiger partial charge in [0.1, 0.15) is 17.9 Å². The van der Waals surface area contributed by atoms with Crippen molar-refractivity contribution in [3.05, 3.63) is 18.0 Å². The molecule has 1 aromatic heterocycles. The zero-order valence-corrected chi connectivity index (χ0v) is 6.90. The second-order valence-corrected chi connectivity index (χ2v) is 2.73. The van der Waals surface area contributed by atoms with E-state index in [1.54, 1.807) is 6.07 Å². The molecule has 1 aliphatic rings. The van der Waals surface area contributed by atoms with E-state index in [4.69, 9.17) is 10.00 Å². The summed E-state index contributed by atoms with van der Waals surface area (Å²) in [5, 5.41) is 11.6. The molecule has 0 radical (unpaired) electrons. The van der Waals surface area contributed by atoms with E-state index in [2.05, 4.69) is 15.3 Å². The van der Waals surface area contributed by atoms with E-state index in [9.17, 15) is 0 Å². The molecule has 1 N–H and O–H groups in total. The number of nitrogens with zero attached hydrogens (tertiary/aromatic N) is 3. The highest BCUT2D eigenvalue weighted by Gasteiger charge is 2.19. The average Bonchev–Trinajstić information content (AvgIpc) is 2.12. The van der Waals surface area contributed by atoms with Crippen LogP contribution in [0.2, 0.25) is 0 Å². The van der Waals surface area contributed by atoms with Gasteiger partial charge in [-0.05, 0) is 6.07 Å². The van der Waals surface area contributed by atoms with Crippen molar-refractivity contribution in [3.63, 3.8) is 0 Å². The lowest BCUT2D eigenvalue weighted by molar-refractivity contribution is 0.129. The Bertz CT molecular complexity index is 342. The Balaban J connectivity index is 2.07. The Morgan fingerprint density at radius 3 is 3.08 bits per heavy atom. The van der Waals surface area contributed by atoms with E-state index < -0.39 is 0 Å². The standard InChI is InChI=1S/C8H8N4O/c9-3-6-1-2-11-8(12-6)13-7-4-10-5-7/h1-2,7,10H,4-5H2. The molecule has 66 valence electrons. The van der Waals surface area contributed by atoms with Crippen molar-refractivity contribution >= 4 is 0 Å². The van der Waals surface area contributed by atoms with E-state index in [-0.39, 0.29) is 12.1 Å². The molecule has 2 heterocycles. The van der Waals surface area contributed by atoms with Crippen LogP contribution in [0, 0.1) is 11.3 Å². The highest BCUT2D eigenvalue weighted by atomic mass is 16.5. The van der Waals surface area contributed by atoms with E-state index >= 15 is 0 Å². The Kier molecular flexibility index (Phi) is 2.06. The number of rotatable bonds is 2. The summed E-state index contributed by atoms with van der Waals surface area (Å²) >= 11 is 0. The van der Waals surface area contributed by atoms with Gasteiger partial charge in [-0.25, -0.2) is 4.98 Å². The minimum atomic E-state index is 0.147. The molecule has 0 atom stereocenters. The molecule has 0 unspecified atom stereocenters. The Labute approximate surface area is 75.4 Å². The maximum absolute atomic E-state index is 8.56. The smallest absolute Gasteiger partial charge is 0.317 e. The predicted octanol–water partition coefficient (Wildman–Crippen LogP) is -0.301. The van der Waals surface area contributed by atoms with Crippen molar-refractivity contribution in [2.24, 2.45) is 0 Å². The molecule has 0 aliphatic carbocycles. The fourth-order valence-corrected chi connectivity index (χ4v) is 0.954. The Hall–Kier alpha value is -1.67. The van der Waals surface area contributed by atoms with Crippen LogP contribution in [0.4, 0.5) is 0 Å². The monoisotopic (exact) mass is 176 g/mol. The highest BCUT2D eigenvalue weighted by Crippen LogP contribution is 2.06. The van der Waals surface area contributed by atoms with Crippen LogP contribution in [0.25, 0.3) is 0 Å². The largest absolute Gasteiger partial charge is 0.457 e. The molecule has 0 spiro atoms. The molecule has 1 aromatic rings. The van der Waals surface area contributed by atoms with E-state index in [1.165, 1.54) is 6.20 Å². The minimum Gasteiger partial charge on any atom is -0.457 e. The van der Waals surface area contributed by atoms with Gasteiger partial charge in [-0.1, -0.05) is 0 Å². The molecule has 0 aromatic carbocycles. The van der Waals surface area contributed by atoms with E-state index in [0.717, 1.165) is 13.1 Å². The molecule has 2 rings (SSSR count). The molecule has 13 heavy (non-hydrogen) atoms. The van der Waals surface area contributed by atoms with Crippen molar-refractivity contribution in [1.82, 2.24) is 15.3 Å². The third kappa shape index (κ3) is 1.73. The van der Waals surface area contributed by atoms with Gasteiger partial charge in [-0.15, -0.1) is 0 Å². The first-order valence-corrected chi connectivity index (χ1v) is 3.99. The summed E-state index contributed by atoms with van der Waals surface area (Å²) in [5.41, 5.74) is 0.331. The van der Waals surface area contributed by atoms with Gasteiger partial charge in [0.2, 0.25) is 0 Å². The maximum Gasteiger partial charge on any atom is 0.317 e. The first-order valence-electron chi connectivity index (χ1n) is 3.99. The summed E-state index contributed by atoms with van der Waals surface area (Å²) in [7, 11) is 0. The van der Waals surface area contributed by atoms with Gasteiger partial charge in [0.15, 0.2) is 0 Å². The van der Waals surface area contributed by atoms with Crippen LogP contribution in [0.5, 0.6) is 6.01 Å². The summed E-state index contributed by atoms with van der Waals surface area (Å²) in [4.78, 5) is 7.79. The first kappa shape index (κ1) is 7.95. The SMILES string of the molecule is N#Cc1ccnc(OC2CNC2)n1. The zero-order chi connectivity index (χ0) is 9.10. The summed E-state index contributed by atoms with van der Waals surface area (Å²) in [5.74, 6) is 0. The average molecular weight is 176 g/mol. The van der Waals surface area contributed by atoms with Crippen molar-refractivity contribution in [2.45, 2.75) is 6.10 Å². The summed E-state index contributed by atoms with van der Waals surface area (Å²) < 4.78 is 5.36. The molecule has 1 saturated heterocycles. The number of nitriles is 1. The lowest BCUT2D eigenvalue weighted by Gasteiger charge is -2.26. The van der Waals surface area contributed by atoms with Crippen LogP contribution in [-0.2, 0) is 0 Å². The van der Waals surface area contributed by atoms with E-state index in [1.807, 2.05) is 6.07 Å². The topological polar surface area (TPSA) is 70.8 Å². The number of aromatic nitrogens is 2. The zero-order valence-electron chi connectivity index (χ0n) is 6.90. The van der Waals surface area contributed by atoms with Gasteiger partial charge in [0.25, 0.3) is 0 Å². The van der Waals surface area contributed by atoms with Gasteiger partial charge >= 0.3 is 6.01 Å². The van der Waals surface area contributed by atoms with Crippen molar-refractivity contribution in [3.8, 4) is 12.1 Å². The second kappa shape index (κ2) is 3.37. The van der Waals surface area contributed by atoms with E-state index in [0.29, 0.717) is 5.69 Å². The number of ether oxygens (including phenoxy) is 1. The van der Waals surface area contributed by atoms with Crippen LogP contribution >= 0.6 is 0 Å². The molecule has 0 bridgehead atoms. The minimum absolute atomic E-state index is 0.147. The third-order valence-electron chi connectivity index (χ3n) is 1.76. The summed E-state index contributed by atoms with van der Waals surface area (Å²) in [6, 6.07) is 3.76. The first-order chi connectivity index (χ1) is 6.38. The normalized spacial score (nSPS) is 15.9. The number of hydrogen-bond donors (Lipinski definition) is 1. The number of hydrogen-bond acceptors (Lipinski definition) is 5. The van der Waals surface area contributed by atoms with Crippen LogP contribution in [0.1, 0.15) is 5.69 Å². The van der Waals surface area contributed by atoms with Crippen molar-refractivity contribution in [1.29, 1.82) is 5.26 Å². The van der Waals surface area contributed by atoms with Gasteiger partial charge in [-0.2, -0.15) is 10.2 Å². The van der Waals surface area contributed by atoms with Gasteiger partial charge in [0, 0.05) is 19.3 Å². The molecule has 1 fully saturated rings. The maximum atomic E-state index is 8.56. The van der Waals surface area contributed by atoms with Crippen molar-refractivity contribution < 1.29 is 4.74 Å². The van der Waals surface area contributed by atoms with Crippen LogP contribution < -0.4 is 10.1 Å². The lowest BCUT2D eigenvalue weighted by Crippen LogP contribution is -2.50. The lowest BCUT2D eigenvalue weighted by atomic mass is 10.2. The quantitative estimate of drug-likeness (QED) is 0.669. The second-order valence-electron chi connectivity index (χ2n) is 2.73.